The standard InChI is InChI=1S/C17H17F3N4O/c18-17(19,20)12-6-2-3-7-13(12)23-16(25)14-10-15(22-11-21-14)24-8-4-1-5-9-24/h2-3,6-7,10-11H,1,4-5,8-9H2,(H,23,25). The Labute approximate surface area is 142 Å². The molecular formula is C17H17F3N4O. The van der Waals surface area contributed by atoms with Gasteiger partial charge in [0.05, 0.1) is 11.3 Å². The Balaban J connectivity index is 1.80. The van der Waals surface area contributed by atoms with Crippen molar-refractivity contribution in [3.63, 3.8) is 0 Å². The van der Waals surface area contributed by atoms with Gasteiger partial charge in [0.15, 0.2) is 0 Å². The highest BCUT2D eigenvalue weighted by Gasteiger charge is 2.33. The van der Waals surface area contributed by atoms with Gasteiger partial charge in [-0.3, -0.25) is 4.79 Å². The number of hydrogen-bond acceptors (Lipinski definition) is 4. The lowest BCUT2D eigenvalue weighted by molar-refractivity contribution is -0.136. The average molecular weight is 350 g/mol. The van der Waals surface area contributed by atoms with Gasteiger partial charge in [-0.05, 0) is 31.4 Å². The molecular weight excluding hydrogens is 333 g/mol. The van der Waals surface area contributed by atoms with E-state index in [1.165, 1.54) is 30.6 Å². The number of nitrogens with zero attached hydrogens (tertiary/aromatic N) is 3. The Morgan fingerprint density at radius 1 is 1.08 bits per heavy atom. The van der Waals surface area contributed by atoms with Crippen LogP contribution in [0.15, 0.2) is 36.7 Å². The fraction of sp³-hybridized carbons (Fsp3) is 0.353. The molecule has 25 heavy (non-hydrogen) atoms. The summed E-state index contributed by atoms with van der Waals surface area (Å²) in [7, 11) is 0. The van der Waals surface area contributed by atoms with Crippen LogP contribution in [0.4, 0.5) is 24.7 Å². The molecule has 2 heterocycles. The van der Waals surface area contributed by atoms with E-state index in [1.807, 2.05) is 4.90 Å². The van der Waals surface area contributed by atoms with Gasteiger partial charge in [0.2, 0.25) is 0 Å². The predicted molar refractivity (Wildman–Crippen MR) is 87.5 cm³/mol. The minimum atomic E-state index is -4.55. The first kappa shape index (κ1) is 17.2. The maximum Gasteiger partial charge on any atom is 0.418 e. The van der Waals surface area contributed by atoms with Crippen LogP contribution in [-0.4, -0.2) is 29.0 Å². The molecule has 8 heteroatoms. The van der Waals surface area contributed by atoms with E-state index in [9.17, 15) is 18.0 Å². The van der Waals surface area contributed by atoms with E-state index in [0.29, 0.717) is 5.82 Å². The Morgan fingerprint density at radius 2 is 1.80 bits per heavy atom. The quantitative estimate of drug-likeness (QED) is 0.916. The van der Waals surface area contributed by atoms with Gasteiger partial charge >= 0.3 is 6.18 Å². The second kappa shape index (κ2) is 7.08. The number of nitrogens with one attached hydrogen (secondary N) is 1. The number of carbonyl (C=O) groups is 1. The summed E-state index contributed by atoms with van der Waals surface area (Å²) >= 11 is 0. The van der Waals surface area contributed by atoms with Crippen LogP contribution in [0.5, 0.6) is 0 Å². The number of para-hydroxylation sites is 1. The van der Waals surface area contributed by atoms with Crippen LogP contribution in [0, 0.1) is 0 Å². The highest BCUT2D eigenvalue weighted by molar-refractivity contribution is 6.03. The molecule has 0 radical (unpaired) electrons. The fourth-order valence-corrected chi connectivity index (χ4v) is 2.79. The van der Waals surface area contributed by atoms with E-state index in [-0.39, 0.29) is 11.4 Å². The summed E-state index contributed by atoms with van der Waals surface area (Å²) in [4.78, 5) is 22.4. The van der Waals surface area contributed by atoms with Crippen LogP contribution >= 0.6 is 0 Å². The maximum absolute atomic E-state index is 13.0. The molecule has 1 aliphatic rings. The Bertz CT molecular complexity index is 758. The van der Waals surface area contributed by atoms with Crippen molar-refractivity contribution >= 4 is 17.4 Å². The van der Waals surface area contributed by atoms with Gasteiger partial charge in [-0.15, -0.1) is 0 Å². The lowest BCUT2D eigenvalue weighted by atomic mass is 10.1. The van der Waals surface area contributed by atoms with Gasteiger partial charge in [0.25, 0.3) is 5.91 Å². The van der Waals surface area contributed by atoms with Crippen LogP contribution in [-0.2, 0) is 6.18 Å². The molecule has 0 atom stereocenters. The monoisotopic (exact) mass is 350 g/mol. The summed E-state index contributed by atoms with van der Waals surface area (Å²) in [5, 5.41) is 2.30. The number of piperidine rings is 1. The van der Waals surface area contributed by atoms with E-state index in [4.69, 9.17) is 0 Å². The number of anilines is 2. The first-order chi connectivity index (χ1) is 11.9. The Kier molecular flexibility index (Phi) is 4.87. The summed E-state index contributed by atoms with van der Waals surface area (Å²) in [5.74, 6) is -0.0821. The fourth-order valence-electron chi connectivity index (χ4n) is 2.79. The molecule has 0 saturated carbocycles. The van der Waals surface area contributed by atoms with E-state index in [0.717, 1.165) is 38.4 Å². The summed E-state index contributed by atoms with van der Waals surface area (Å²) in [6.45, 7) is 1.68. The van der Waals surface area contributed by atoms with Gasteiger partial charge in [-0.1, -0.05) is 12.1 Å². The van der Waals surface area contributed by atoms with Gasteiger partial charge < -0.3 is 10.2 Å². The van der Waals surface area contributed by atoms with Crippen molar-refractivity contribution < 1.29 is 18.0 Å². The molecule has 1 saturated heterocycles. The van der Waals surface area contributed by atoms with Crippen molar-refractivity contribution in [2.75, 3.05) is 23.3 Å². The zero-order valence-electron chi connectivity index (χ0n) is 13.4. The minimum Gasteiger partial charge on any atom is -0.357 e. The van der Waals surface area contributed by atoms with Crippen molar-refractivity contribution in [2.24, 2.45) is 0 Å². The number of aromatic nitrogens is 2. The summed E-state index contributed by atoms with van der Waals surface area (Å²) in [6.07, 6.45) is -0.0405. The first-order valence-corrected chi connectivity index (χ1v) is 8.00. The van der Waals surface area contributed by atoms with Gasteiger partial charge in [-0.25, -0.2) is 9.97 Å². The van der Waals surface area contributed by atoms with Crippen LogP contribution in [0.1, 0.15) is 35.3 Å². The SMILES string of the molecule is O=C(Nc1ccccc1C(F)(F)F)c1cc(N2CCCCC2)ncn1. The second-order valence-corrected chi connectivity index (χ2v) is 5.81. The number of hydrogen-bond donors (Lipinski definition) is 1. The number of carbonyl (C=O) groups excluding carboxylic acids is 1. The topological polar surface area (TPSA) is 58.1 Å². The van der Waals surface area contributed by atoms with Crippen molar-refractivity contribution in [2.45, 2.75) is 25.4 Å². The van der Waals surface area contributed by atoms with Gasteiger partial charge in [0.1, 0.15) is 17.8 Å². The Morgan fingerprint density at radius 3 is 2.52 bits per heavy atom. The molecule has 2 aromatic rings. The molecule has 5 nitrogen and oxygen atoms in total. The zero-order chi connectivity index (χ0) is 17.9. The molecule has 3 rings (SSSR count). The molecule has 0 bridgehead atoms. The summed E-state index contributed by atoms with van der Waals surface area (Å²) < 4.78 is 39.1. The molecule has 1 aromatic heterocycles. The molecule has 1 N–H and O–H groups in total. The largest absolute Gasteiger partial charge is 0.418 e. The smallest absolute Gasteiger partial charge is 0.357 e. The third-order valence-corrected chi connectivity index (χ3v) is 4.05. The van der Waals surface area contributed by atoms with Crippen LogP contribution in [0.25, 0.3) is 0 Å². The third kappa shape index (κ3) is 4.07. The van der Waals surface area contributed by atoms with E-state index < -0.39 is 17.6 Å². The zero-order valence-corrected chi connectivity index (χ0v) is 13.4. The highest BCUT2D eigenvalue weighted by atomic mass is 19.4. The normalized spacial score (nSPS) is 15.1. The summed E-state index contributed by atoms with van der Waals surface area (Å²) in [5.41, 5.74) is -1.15. The molecule has 0 unspecified atom stereocenters. The lowest BCUT2D eigenvalue weighted by Gasteiger charge is -2.27. The van der Waals surface area contributed by atoms with Crippen molar-refractivity contribution in [3.05, 3.63) is 47.9 Å². The molecule has 1 amide bonds. The van der Waals surface area contributed by atoms with Crippen molar-refractivity contribution in [3.8, 4) is 0 Å². The average Bonchev–Trinajstić information content (AvgIpc) is 2.62. The minimum absolute atomic E-state index is 0.0348. The number of rotatable bonds is 3. The van der Waals surface area contributed by atoms with Crippen LogP contribution < -0.4 is 10.2 Å². The molecule has 1 aliphatic heterocycles. The van der Waals surface area contributed by atoms with Crippen LogP contribution in [0.3, 0.4) is 0 Å². The van der Waals surface area contributed by atoms with E-state index in [2.05, 4.69) is 15.3 Å². The van der Waals surface area contributed by atoms with Crippen LogP contribution in [0.2, 0.25) is 0 Å². The number of alkyl halides is 3. The molecule has 132 valence electrons. The van der Waals surface area contributed by atoms with Gasteiger partial charge in [-0.2, -0.15) is 13.2 Å². The molecule has 1 fully saturated rings. The Hall–Kier alpha value is -2.64. The highest BCUT2D eigenvalue weighted by Crippen LogP contribution is 2.34. The maximum atomic E-state index is 13.0. The number of benzene rings is 1. The van der Waals surface area contributed by atoms with Crippen molar-refractivity contribution in [1.29, 1.82) is 0 Å². The number of amides is 1. The third-order valence-electron chi connectivity index (χ3n) is 4.05. The van der Waals surface area contributed by atoms with Crippen molar-refractivity contribution in [1.82, 2.24) is 9.97 Å². The molecule has 1 aromatic carbocycles. The predicted octanol–water partition coefficient (Wildman–Crippen LogP) is 3.74. The second-order valence-electron chi connectivity index (χ2n) is 5.81. The van der Waals surface area contributed by atoms with Gasteiger partial charge in [0, 0.05) is 19.2 Å². The molecule has 0 spiro atoms. The molecule has 0 aliphatic carbocycles. The summed E-state index contributed by atoms with van der Waals surface area (Å²) in [6, 6.07) is 6.36. The first-order valence-electron chi connectivity index (χ1n) is 8.00. The van der Waals surface area contributed by atoms with E-state index >= 15 is 0 Å². The van der Waals surface area contributed by atoms with E-state index in [1.54, 1.807) is 0 Å². The lowest BCUT2D eigenvalue weighted by Crippen LogP contribution is -2.30. The number of halogens is 3.